The van der Waals surface area contributed by atoms with Gasteiger partial charge in [-0.25, -0.2) is 0 Å². The van der Waals surface area contributed by atoms with E-state index in [1.807, 2.05) is 0 Å². The van der Waals surface area contributed by atoms with Crippen LogP contribution in [0, 0.1) is 0 Å². The highest BCUT2D eigenvalue weighted by atomic mass is 16.5. The Bertz CT molecular complexity index is 127. The molecule has 0 aliphatic heterocycles. The third-order valence-corrected chi connectivity index (χ3v) is 1.61. The SMILES string of the molecule is C=CCOCCCCNC(C)(C)C. The van der Waals surface area contributed by atoms with Crippen LogP contribution in [-0.2, 0) is 4.74 Å². The molecule has 0 aliphatic carbocycles. The third kappa shape index (κ3) is 11.7. The summed E-state index contributed by atoms with van der Waals surface area (Å²) in [6.07, 6.45) is 4.08. The second-order valence-electron chi connectivity index (χ2n) is 4.25. The van der Waals surface area contributed by atoms with Gasteiger partial charge >= 0.3 is 0 Å². The molecule has 2 nitrogen and oxygen atoms in total. The van der Waals surface area contributed by atoms with Crippen LogP contribution in [-0.4, -0.2) is 25.3 Å². The normalized spacial score (nSPS) is 11.6. The number of unbranched alkanes of at least 4 members (excludes halogenated alkanes) is 1. The molecule has 0 fully saturated rings. The number of rotatable bonds is 7. The van der Waals surface area contributed by atoms with Crippen molar-refractivity contribution in [2.45, 2.75) is 39.2 Å². The molecule has 0 amide bonds. The zero-order valence-electron chi connectivity index (χ0n) is 9.23. The van der Waals surface area contributed by atoms with Gasteiger partial charge in [0, 0.05) is 12.1 Å². The van der Waals surface area contributed by atoms with Crippen LogP contribution < -0.4 is 5.32 Å². The molecule has 0 unspecified atom stereocenters. The zero-order chi connectivity index (χ0) is 10.2. The van der Waals surface area contributed by atoms with E-state index in [0.717, 1.165) is 19.6 Å². The highest BCUT2D eigenvalue weighted by Crippen LogP contribution is 1.99. The Morgan fingerprint density at radius 1 is 1.31 bits per heavy atom. The highest BCUT2D eigenvalue weighted by Gasteiger charge is 2.06. The summed E-state index contributed by atoms with van der Waals surface area (Å²) in [4.78, 5) is 0. The fraction of sp³-hybridized carbons (Fsp3) is 0.818. The zero-order valence-corrected chi connectivity index (χ0v) is 9.23. The summed E-state index contributed by atoms with van der Waals surface area (Å²) >= 11 is 0. The average molecular weight is 185 g/mol. The summed E-state index contributed by atoms with van der Waals surface area (Å²) in [5.74, 6) is 0. The Hall–Kier alpha value is -0.340. The molecule has 0 aromatic carbocycles. The van der Waals surface area contributed by atoms with Crippen molar-refractivity contribution in [2.24, 2.45) is 0 Å². The van der Waals surface area contributed by atoms with E-state index in [0.29, 0.717) is 6.61 Å². The standard InChI is InChI=1S/C11H23NO/c1-5-9-13-10-7-6-8-12-11(2,3)4/h5,12H,1,6-10H2,2-4H3. The Morgan fingerprint density at radius 3 is 2.54 bits per heavy atom. The van der Waals surface area contributed by atoms with E-state index in [2.05, 4.69) is 32.7 Å². The lowest BCUT2D eigenvalue weighted by Crippen LogP contribution is -2.36. The number of hydrogen-bond acceptors (Lipinski definition) is 2. The molecule has 0 rings (SSSR count). The molecule has 0 radical (unpaired) electrons. The van der Waals surface area contributed by atoms with Gasteiger partial charge in [-0.1, -0.05) is 6.08 Å². The van der Waals surface area contributed by atoms with E-state index in [4.69, 9.17) is 4.74 Å². The Labute approximate surface area is 82.4 Å². The number of ether oxygens (including phenoxy) is 1. The summed E-state index contributed by atoms with van der Waals surface area (Å²) in [6, 6.07) is 0. The van der Waals surface area contributed by atoms with Crippen LogP contribution in [0.3, 0.4) is 0 Å². The predicted octanol–water partition coefficient (Wildman–Crippen LogP) is 2.36. The fourth-order valence-corrected chi connectivity index (χ4v) is 0.959. The maximum atomic E-state index is 5.27. The lowest BCUT2D eigenvalue weighted by molar-refractivity contribution is 0.157. The maximum absolute atomic E-state index is 5.27. The van der Waals surface area contributed by atoms with E-state index in [-0.39, 0.29) is 5.54 Å². The molecule has 0 saturated carbocycles. The van der Waals surface area contributed by atoms with Gasteiger partial charge in [-0.05, 0) is 40.2 Å². The van der Waals surface area contributed by atoms with Gasteiger partial charge in [0.25, 0.3) is 0 Å². The van der Waals surface area contributed by atoms with Crippen LogP contribution >= 0.6 is 0 Å². The Kier molecular flexibility index (Phi) is 6.92. The molecule has 2 heteroatoms. The Balaban J connectivity index is 3.04. The van der Waals surface area contributed by atoms with Gasteiger partial charge in [-0.3, -0.25) is 0 Å². The molecule has 0 bridgehead atoms. The average Bonchev–Trinajstić information content (AvgIpc) is 2.01. The van der Waals surface area contributed by atoms with Crippen LogP contribution in [0.15, 0.2) is 12.7 Å². The van der Waals surface area contributed by atoms with E-state index in [9.17, 15) is 0 Å². The third-order valence-electron chi connectivity index (χ3n) is 1.61. The van der Waals surface area contributed by atoms with Crippen molar-refractivity contribution < 1.29 is 4.74 Å². The van der Waals surface area contributed by atoms with Crippen molar-refractivity contribution in [3.05, 3.63) is 12.7 Å². The van der Waals surface area contributed by atoms with Crippen molar-refractivity contribution in [1.82, 2.24) is 5.32 Å². The number of nitrogens with one attached hydrogen (secondary N) is 1. The second kappa shape index (κ2) is 7.10. The molecule has 13 heavy (non-hydrogen) atoms. The molecule has 0 aromatic heterocycles. The summed E-state index contributed by atoms with van der Waals surface area (Å²) in [5.41, 5.74) is 0.238. The minimum absolute atomic E-state index is 0.238. The van der Waals surface area contributed by atoms with Crippen LogP contribution in [0.1, 0.15) is 33.6 Å². The molecule has 78 valence electrons. The molecule has 0 aliphatic rings. The largest absolute Gasteiger partial charge is 0.377 e. The predicted molar refractivity (Wildman–Crippen MR) is 58.0 cm³/mol. The van der Waals surface area contributed by atoms with Gasteiger partial charge in [-0.2, -0.15) is 0 Å². The van der Waals surface area contributed by atoms with E-state index < -0.39 is 0 Å². The van der Waals surface area contributed by atoms with Gasteiger partial charge in [0.05, 0.1) is 6.61 Å². The van der Waals surface area contributed by atoms with Crippen molar-refractivity contribution in [2.75, 3.05) is 19.8 Å². The molecular formula is C11H23NO. The minimum Gasteiger partial charge on any atom is -0.377 e. The van der Waals surface area contributed by atoms with Crippen molar-refractivity contribution in [3.63, 3.8) is 0 Å². The first kappa shape index (κ1) is 12.7. The van der Waals surface area contributed by atoms with Gasteiger partial charge in [0.15, 0.2) is 0 Å². The highest BCUT2D eigenvalue weighted by molar-refractivity contribution is 4.69. The van der Waals surface area contributed by atoms with Gasteiger partial charge < -0.3 is 10.1 Å². The second-order valence-corrected chi connectivity index (χ2v) is 4.25. The summed E-state index contributed by atoms with van der Waals surface area (Å²) in [7, 11) is 0. The van der Waals surface area contributed by atoms with E-state index in [1.54, 1.807) is 6.08 Å². The molecule has 0 aromatic rings. The minimum atomic E-state index is 0.238. The quantitative estimate of drug-likeness (QED) is 0.485. The lowest BCUT2D eigenvalue weighted by atomic mass is 10.1. The van der Waals surface area contributed by atoms with E-state index >= 15 is 0 Å². The fourth-order valence-electron chi connectivity index (χ4n) is 0.959. The molecule has 0 heterocycles. The van der Waals surface area contributed by atoms with Gasteiger partial charge in [-0.15, -0.1) is 6.58 Å². The molecular weight excluding hydrogens is 162 g/mol. The summed E-state index contributed by atoms with van der Waals surface area (Å²) in [5, 5.41) is 3.44. The summed E-state index contributed by atoms with van der Waals surface area (Å²) in [6.45, 7) is 12.7. The van der Waals surface area contributed by atoms with Crippen LogP contribution in [0.5, 0.6) is 0 Å². The molecule has 0 spiro atoms. The monoisotopic (exact) mass is 185 g/mol. The Morgan fingerprint density at radius 2 is 2.00 bits per heavy atom. The topological polar surface area (TPSA) is 21.3 Å². The van der Waals surface area contributed by atoms with Crippen LogP contribution in [0.4, 0.5) is 0 Å². The first-order chi connectivity index (χ1) is 6.06. The van der Waals surface area contributed by atoms with Crippen molar-refractivity contribution >= 4 is 0 Å². The maximum Gasteiger partial charge on any atom is 0.0644 e. The first-order valence-corrected chi connectivity index (χ1v) is 5.00. The number of hydrogen-bond donors (Lipinski definition) is 1. The smallest absolute Gasteiger partial charge is 0.0644 e. The van der Waals surface area contributed by atoms with Gasteiger partial charge in [0.2, 0.25) is 0 Å². The van der Waals surface area contributed by atoms with Gasteiger partial charge in [0.1, 0.15) is 0 Å². The summed E-state index contributed by atoms with van der Waals surface area (Å²) < 4.78 is 5.27. The lowest BCUT2D eigenvalue weighted by Gasteiger charge is -2.20. The van der Waals surface area contributed by atoms with Crippen LogP contribution in [0.2, 0.25) is 0 Å². The van der Waals surface area contributed by atoms with Crippen molar-refractivity contribution in [3.8, 4) is 0 Å². The molecule has 1 N–H and O–H groups in total. The van der Waals surface area contributed by atoms with Crippen LogP contribution in [0.25, 0.3) is 0 Å². The van der Waals surface area contributed by atoms with Crippen molar-refractivity contribution in [1.29, 1.82) is 0 Å². The first-order valence-electron chi connectivity index (χ1n) is 5.00. The van der Waals surface area contributed by atoms with E-state index in [1.165, 1.54) is 6.42 Å². The molecule has 0 saturated heterocycles. The molecule has 0 atom stereocenters.